The van der Waals surface area contributed by atoms with Crippen LogP contribution in [0.15, 0.2) is 0 Å². The summed E-state index contributed by atoms with van der Waals surface area (Å²) in [5.74, 6) is 1.58. The molecular weight excluding hydrogens is 272 g/mol. The topological polar surface area (TPSA) is 32.3 Å². The molecule has 4 heteroatoms. The average molecular weight is 301 g/mol. The Hall–Kier alpha value is -0.280. The van der Waals surface area contributed by atoms with Gasteiger partial charge in [-0.2, -0.15) is 0 Å². The Labute approximate surface area is 129 Å². The molecule has 0 spiro atoms. The molecule has 0 aromatic carbocycles. The van der Waals surface area contributed by atoms with Crippen molar-refractivity contribution in [2.45, 2.75) is 70.4 Å². The second-order valence-corrected chi connectivity index (χ2v) is 6.86. The zero-order valence-electron chi connectivity index (χ0n) is 12.6. The summed E-state index contributed by atoms with van der Waals surface area (Å²) < 4.78 is 0. The van der Waals surface area contributed by atoms with Gasteiger partial charge in [-0.3, -0.25) is 4.79 Å². The maximum atomic E-state index is 12.9. The predicted octanol–water partition coefficient (Wildman–Crippen LogP) is 2.98. The third kappa shape index (κ3) is 3.30. The van der Waals surface area contributed by atoms with Gasteiger partial charge in [-0.1, -0.05) is 12.8 Å². The van der Waals surface area contributed by atoms with Gasteiger partial charge in [0.25, 0.3) is 0 Å². The van der Waals surface area contributed by atoms with E-state index in [4.69, 9.17) is 0 Å². The number of halogens is 1. The normalized spacial score (nSPS) is 37.8. The molecule has 2 heterocycles. The van der Waals surface area contributed by atoms with Crippen molar-refractivity contribution in [1.82, 2.24) is 10.2 Å². The first-order valence-corrected chi connectivity index (χ1v) is 8.29. The van der Waals surface area contributed by atoms with Crippen molar-refractivity contribution in [3.8, 4) is 0 Å². The quantitative estimate of drug-likeness (QED) is 0.807. The van der Waals surface area contributed by atoms with Gasteiger partial charge in [0.2, 0.25) is 5.91 Å². The van der Waals surface area contributed by atoms with E-state index in [0.29, 0.717) is 18.0 Å². The maximum Gasteiger partial charge on any atom is 0.226 e. The van der Waals surface area contributed by atoms with Crippen molar-refractivity contribution in [3.05, 3.63) is 0 Å². The number of nitrogens with one attached hydrogen (secondary N) is 1. The highest BCUT2D eigenvalue weighted by molar-refractivity contribution is 5.85. The number of hydrogen-bond acceptors (Lipinski definition) is 2. The molecule has 20 heavy (non-hydrogen) atoms. The summed E-state index contributed by atoms with van der Waals surface area (Å²) in [5.41, 5.74) is 0. The molecule has 2 unspecified atom stereocenters. The van der Waals surface area contributed by atoms with Gasteiger partial charge in [-0.25, -0.2) is 0 Å². The number of hydrogen-bond donors (Lipinski definition) is 1. The second kappa shape index (κ2) is 7.13. The molecule has 0 aromatic rings. The largest absolute Gasteiger partial charge is 0.339 e. The summed E-state index contributed by atoms with van der Waals surface area (Å²) >= 11 is 0. The van der Waals surface area contributed by atoms with E-state index < -0.39 is 0 Å². The van der Waals surface area contributed by atoms with E-state index in [1.807, 2.05) is 0 Å². The van der Waals surface area contributed by atoms with Crippen molar-refractivity contribution in [2.24, 2.45) is 11.8 Å². The Morgan fingerprint density at radius 1 is 1.10 bits per heavy atom. The lowest BCUT2D eigenvalue weighted by Crippen LogP contribution is -2.53. The molecule has 1 N–H and O–H groups in total. The molecule has 3 aliphatic rings. The van der Waals surface area contributed by atoms with Crippen LogP contribution in [0.25, 0.3) is 0 Å². The van der Waals surface area contributed by atoms with E-state index in [2.05, 4.69) is 17.1 Å². The highest BCUT2D eigenvalue weighted by atomic mass is 35.5. The number of amides is 1. The lowest BCUT2D eigenvalue weighted by molar-refractivity contribution is -0.143. The summed E-state index contributed by atoms with van der Waals surface area (Å²) in [6, 6.07) is 1.09. The van der Waals surface area contributed by atoms with Crippen molar-refractivity contribution >= 4 is 18.3 Å². The van der Waals surface area contributed by atoms with Crippen molar-refractivity contribution in [2.75, 3.05) is 13.1 Å². The van der Waals surface area contributed by atoms with E-state index in [1.54, 1.807) is 0 Å². The minimum Gasteiger partial charge on any atom is -0.339 e. The van der Waals surface area contributed by atoms with Crippen LogP contribution < -0.4 is 5.32 Å². The lowest BCUT2D eigenvalue weighted by Gasteiger charge is -2.46. The highest BCUT2D eigenvalue weighted by Crippen LogP contribution is 2.36. The molecule has 3 nitrogen and oxygen atoms in total. The molecule has 0 aromatic heterocycles. The minimum atomic E-state index is 0. The van der Waals surface area contributed by atoms with Crippen LogP contribution in [-0.2, 0) is 4.79 Å². The molecule has 4 atom stereocenters. The first-order valence-electron chi connectivity index (χ1n) is 8.29. The molecule has 2 aliphatic heterocycles. The van der Waals surface area contributed by atoms with Gasteiger partial charge >= 0.3 is 0 Å². The SMILES string of the molecule is C[C@H]1C[C@@H](C(=O)N2CCCC3CCCCC32)CCN1.Cl. The number of likely N-dealkylation sites (tertiary alicyclic amines) is 1. The van der Waals surface area contributed by atoms with Crippen molar-refractivity contribution in [1.29, 1.82) is 0 Å². The third-order valence-electron chi connectivity index (χ3n) is 5.50. The average Bonchev–Trinajstić information content (AvgIpc) is 2.46. The smallest absolute Gasteiger partial charge is 0.226 e. The van der Waals surface area contributed by atoms with Gasteiger partial charge in [0.15, 0.2) is 0 Å². The monoisotopic (exact) mass is 300 g/mol. The highest BCUT2D eigenvalue weighted by Gasteiger charge is 2.38. The fraction of sp³-hybridized carbons (Fsp3) is 0.938. The summed E-state index contributed by atoms with van der Waals surface area (Å²) in [6.45, 7) is 4.25. The van der Waals surface area contributed by atoms with Crippen LogP contribution >= 0.6 is 12.4 Å². The molecule has 0 radical (unpaired) electrons. The molecule has 1 aliphatic carbocycles. The van der Waals surface area contributed by atoms with E-state index >= 15 is 0 Å². The number of piperidine rings is 2. The van der Waals surface area contributed by atoms with Gasteiger partial charge in [-0.05, 0) is 57.9 Å². The van der Waals surface area contributed by atoms with Crippen LogP contribution in [0.4, 0.5) is 0 Å². The fourth-order valence-corrected chi connectivity index (χ4v) is 4.49. The third-order valence-corrected chi connectivity index (χ3v) is 5.50. The van der Waals surface area contributed by atoms with Crippen molar-refractivity contribution < 1.29 is 4.79 Å². The number of nitrogens with zero attached hydrogens (tertiary/aromatic N) is 1. The van der Waals surface area contributed by atoms with E-state index in [0.717, 1.165) is 31.8 Å². The molecule has 1 saturated carbocycles. The van der Waals surface area contributed by atoms with Crippen LogP contribution in [0.5, 0.6) is 0 Å². The van der Waals surface area contributed by atoms with Gasteiger partial charge in [0.05, 0.1) is 0 Å². The Morgan fingerprint density at radius 2 is 1.85 bits per heavy atom. The zero-order valence-corrected chi connectivity index (χ0v) is 13.5. The number of rotatable bonds is 1. The Balaban J connectivity index is 0.00000147. The summed E-state index contributed by atoms with van der Waals surface area (Å²) in [5, 5.41) is 3.46. The van der Waals surface area contributed by atoms with Crippen LogP contribution in [-0.4, -0.2) is 36.0 Å². The minimum absolute atomic E-state index is 0. The molecule has 2 saturated heterocycles. The maximum absolute atomic E-state index is 12.9. The predicted molar refractivity (Wildman–Crippen MR) is 84.1 cm³/mol. The molecule has 3 fully saturated rings. The number of carbonyl (C=O) groups excluding carboxylic acids is 1. The first kappa shape index (κ1) is 16.1. The Bertz CT molecular complexity index is 334. The van der Waals surface area contributed by atoms with Crippen LogP contribution in [0.2, 0.25) is 0 Å². The van der Waals surface area contributed by atoms with Crippen LogP contribution in [0, 0.1) is 11.8 Å². The van der Waals surface area contributed by atoms with Gasteiger partial charge in [0, 0.05) is 24.5 Å². The Morgan fingerprint density at radius 3 is 2.65 bits per heavy atom. The van der Waals surface area contributed by atoms with Gasteiger partial charge < -0.3 is 10.2 Å². The second-order valence-electron chi connectivity index (χ2n) is 6.86. The fourth-order valence-electron chi connectivity index (χ4n) is 4.49. The summed E-state index contributed by atoms with van der Waals surface area (Å²) in [7, 11) is 0. The molecule has 116 valence electrons. The van der Waals surface area contributed by atoms with Gasteiger partial charge in [0.1, 0.15) is 0 Å². The van der Waals surface area contributed by atoms with Crippen molar-refractivity contribution in [3.63, 3.8) is 0 Å². The molecular formula is C16H29ClN2O. The zero-order chi connectivity index (χ0) is 13.2. The number of carbonyl (C=O) groups is 1. The standard InChI is InChI=1S/C16H28N2O.ClH/c1-12-11-14(8-9-17-12)16(19)18-10-4-6-13-5-2-3-7-15(13)18;/h12-15,17H,2-11H2,1H3;1H/t12-,13?,14-,15?;/m0./s1. The van der Waals surface area contributed by atoms with E-state index in [1.165, 1.54) is 38.5 Å². The summed E-state index contributed by atoms with van der Waals surface area (Å²) in [6.07, 6.45) is 9.99. The lowest BCUT2D eigenvalue weighted by atomic mass is 9.77. The molecule has 1 amide bonds. The summed E-state index contributed by atoms with van der Waals surface area (Å²) in [4.78, 5) is 15.1. The van der Waals surface area contributed by atoms with Gasteiger partial charge in [-0.15, -0.1) is 12.4 Å². The van der Waals surface area contributed by atoms with E-state index in [9.17, 15) is 4.79 Å². The van der Waals surface area contributed by atoms with Crippen LogP contribution in [0.1, 0.15) is 58.3 Å². The molecule has 0 bridgehead atoms. The van der Waals surface area contributed by atoms with E-state index in [-0.39, 0.29) is 18.3 Å². The van der Waals surface area contributed by atoms with Crippen LogP contribution in [0.3, 0.4) is 0 Å². The Kier molecular flexibility index (Phi) is 5.74. The number of fused-ring (bicyclic) bond motifs is 1. The molecule has 3 rings (SSSR count). The first-order chi connectivity index (χ1) is 9.25.